The van der Waals surface area contributed by atoms with Crippen molar-refractivity contribution in [2.45, 2.75) is 43.6 Å². The van der Waals surface area contributed by atoms with Gasteiger partial charge in [-0.1, -0.05) is 0 Å². The molecule has 170 valence electrons. The lowest BCUT2D eigenvalue weighted by atomic mass is 9.89. The van der Waals surface area contributed by atoms with Crippen molar-refractivity contribution in [3.05, 3.63) is 65.9 Å². The van der Waals surface area contributed by atoms with Gasteiger partial charge in [-0.25, -0.2) is 13.8 Å². The van der Waals surface area contributed by atoms with Crippen LogP contribution in [0.25, 0.3) is 5.65 Å². The molecule has 0 radical (unpaired) electrons. The summed E-state index contributed by atoms with van der Waals surface area (Å²) in [5.41, 5.74) is 0.466. The number of hydrogen-bond acceptors (Lipinski definition) is 5. The topological polar surface area (TPSA) is 80.0 Å². The van der Waals surface area contributed by atoms with E-state index in [4.69, 9.17) is 4.74 Å². The van der Waals surface area contributed by atoms with E-state index in [0.29, 0.717) is 55.7 Å². The third kappa shape index (κ3) is 3.12. The number of nitrogens with zero attached hydrogens (tertiary/aromatic N) is 5. The molecular weight excluding hydrogens is 432 g/mol. The molecule has 2 aromatic heterocycles. The van der Waals surface area contributed by atoms with Crippen molar-refractivity contribution in [3.8, 4) is 0 Å². The van der Waals surface area contributed by atoms with Gasteiger partial charge in [-0.05, 0) is 30.5 Å². The van der Waals surface area contributed by atoms with Crippen LogP contribution in [0.15, 0.2) is 43.0 Å². The highest BCUT2D eigenvalue weighted by molar-refractivity contribution is 5.94. The van der Waals surface area contributed by atoms with Gasteiger partial charge in [0, 0.05) is 44.4 Å². The van der Waals surface area contributed by atoms with E-state index in [-0.39, 0.29) is 11.8 Å². The molecule has 3 aromatic rings. The quantitative estimate of drug-likeness (QED) is 0.596. The van der Waals surface area contributed by atoms with Gasteiger partial charge < -0.3 is 14.5 Å². The number of rotatable bonds is 2. The molecule has 3 fully saturated rings. The van der Waals surface area contributed by atoms with Gasteiger partial charge in [0.25, 0.3) is 11.8 Å². The van der Waals surface area contributed by atoms with E-state index < -0.39 is 29.5 Å². The van der Waals surface area contributed by atoms with Crippen molar-refractivity contribution in [3.63, 3.8) is 0 Å². The largest absolute Gasteiger partial charge is 0.342 e. The van der Waals surface area contributed by atoms with Crippen molar-refractivity contribution >= 4 is 17.5 Å². The first-order chi connectivity index (χ1) is 15.9. The van der Waals surface area contributed by atoms with E-state index in [2.05, 4.69) is 9.97 Å². The van der Waals surface area contributed by atoms with Crippen LogP contribution in [0.4, 0.5) is 8.78 Å². The maximum absolute atomic E-state index is 13.8. The first-order valence-corrected chi connectivity index (χ1v) is 11.0. The average molecular weight is 453 g/mol. The van der Waals surface area contributed by atoms with E-state index in [1.165, 1.54) is 18.3 Å². The third-order valence-corrected chi connectivity index (χ3v) is 6.98. The molecule has 2 unspecified atom stereocenters. The SMILES string of the molecule is O=C(c1cnc2cnccn12)N1CCC2(CC1)OC1CCC(c3cc(F)cc(F)c3)N1C2=O. The molecule has 0 saturated carbocycles. The van der Waals surface area contributed by atoms with E-state index in [9.17, 15) is 18.4 Å². The lowest BCUT2D eigenvalue weighted by Crippen LogP contribution is -2.51. The number of hydrogen-bond donors (Lipinski definition) is 0. The molecule has 1 spiro atoms. The number of ether oxygens (including phenoxy) is 1. The minimum atomic E-state index is -1.00. The summed E-state index contributed by atoms with van der Waals surface area (Å²) in [6, 6.07) is 2.97. The highest BCUT2D eigenvalue weighted by Gasteiger charge is 2.58. The normalized spacial score (nSPS) is 24.1. The molecular formula is C23H21F2N5O3. The zero-order chi connectivity index (χ0) is 22.7. The second kappa shape index (κ2) is 7.31. The van der Waals surface area contributed by atoms with E-state index in [0.717, 1.165) is 6.07 Å². The van der Waals surface area contributed by atoms with Crippen molar-refractivity contribution in [1.29, 1.82) is 0 Å². The number of fused-ring (bicyclic) bond motifs is 2. The minimum Gasteiger partial charge on any atom is -0.342 e. The molecule has 10 heteroatoms. The summed E-state index contributed by atoms with van der Waals surface area (Å²) in [6.07, 6.45) is 7.91. The molecule has 0 N–H and O–H groups in total. The second-order valence-corrected chi connectivity index (χ2v) is 8.82. The lowest BCUT2D eigenvalue weighted by molar-refractivity contribution is -0.142. The first-order valence-electron chi connectivity index (χ1n) is 11.0. The fraction of sp³-hybridized carbons (Fsp3) is 0.391. The van der Waals surface area contributed by atoms with E-state index in [1.54, 1.807) is 32.8 Å². The Kier molecular flexibility index (Phi) is 4.48. The van der Waals surface area contributed by atoms with Gasteiger partial charge in [-0.3, -0.25) is 19.0 Å². The van der Waals surface area contributed by atoms with Crippen LogP contribution in [-0.4, -0.2) is 60.9 Å². The number of aromatic nitrogens is 3. The van der Waals surface area contributed by atoms with Gasteiger partial charge >= 0.3 is 0 Å². The number of imidazole rings is 1. The summed E-state index contributed by atoms with van der Waals surface area (Å²) < 4.78 is 35.5. The molecule has 3 aliphatic rings. The van der Waals surface area contributed by atoms with E-state index >= 15 is 0 Å². The summed E-state index contributed by atoms with van der Waals surface area (Å²) in [5.74, 6) is -1.65. The highest BCUT2D eigenvalue weighted by Crippen LogP contribution is 2.47. The smallest absolute Gasteiger partial charge is 0.272 e. The summed E-state index contributed by atoms with van der Waals surface area (Å²) >= 11 is 0. The molecule has 33 heavy (non-hydrogen) atoms. The number of likely N-dealkylation sites (tertiary alicyclic amines) is 1. The monoisotopic (exact) mass is 453 g/mol. The van der Waals surface area contributed by atoms with Gasteiger partial charge in [-0.2, -0.15) is 0 Å². The Morgan fingerprint density at radius 1 is 1.09 bits per heavy atom. The Morgan fingerprint density at radius 2 is 1.85 bits per heavy atom. The van der Waals surface area contributed by atoms with Gasteiger partial charge in [0.15, 0.2) is 11.2 Å². The lowest BCUT2D eigenvalue weighted by Gasteiger charge is -2.37. The Balaban J connectivity index is 1.20. The van der Waals surface area contributed by atoms with Crippen LogP contribution in [-0.2, 0) is 9.53 Å². The Morgan fingerprint density at radius 3 is 2.61 bits per heavy atom. The first kappa shape index (κ1) is 20.2. The number of piperidine rings is 1. The van der Waals surface area contributed by atoms with Gasteiger partial charge in [0.1, 0.15) is 23.6 Å². The zero-order valence-electron chi connectivity index (χ0n) is 17.7. The summed E-state index contributed by atoms with van der Waals surface area (Å²) in [7, 11) is 0. The Labute approximate surface area is 187 Å². The van der Waals surface area contributed by atoms with Crippen molar-refractivity contribution < 1.29 is 23.1 Å². The standard InChI is InChI=1S/C23H21F2N5O3/c24-15-9-14(10-16(25)11-15)17-1-2-20-30(17)22(32)23(33-20)3-6-28(7-4-23)21(31)18-12-27-19-13-26-5-8-29(18)19/h5,8-13,17,20H,1-4,6-7H2. The summed E-state index contributed by atoms with van der Waals surface area (Å²) in [5, 5.41) is 0. The minimum absolute atomic E-state index is 0.160. The molecule has 5 heterocycles. The van der Waals surface area contributed by atoms with Crippen LogP contribution >= 0.6 is 0 Å². The molecule has 2 atom stereocenters. The Hall–Kier alpha value is -3.40. The molecule has 0 bridgehead atoms. The van der Waals surface area contributed by atoms with Crippen LogP contribution in [0.2, 0.25) is 0 Å². The maximum Gasteiger partial charge on any atom is 0.272 e. The number of carbonyl (C=O) groups excluding carboxylic acids is 2. The third-order valence-electron chi connectivity index (χ3n) is 6.98. The molecule has 6 rings (SSSR count). The second-order valence-electron chi connectivity index (χ2n) is 8.82. The van der Waals surface area contributed by atoms with Crippen LogP contribution in [0.5, 0.6) is 0 Å². The van der Waals surface area contributed by atoms with Crippen molar-refractivity contribution in [1.82, 2.24) is 24.2 Å². The molecule has 3 saturated heterocycles. The van der Waals surface area contributed by atoms with Crippen LogP contribution in [0.3, 0.4) is 0 Å². The van der Waals surface area contributed by atoms with Gasteiger partial charge in [0.2, 0.25) is 0 Å². The predicted molar refractivity (Wildman–Crippen MR) is 111 cm³/mol. The number of halogens is 2. The molecule has 0 aliphatic carbocycles. The fourth-order valence-corrected chi connectivity index (χ4v) is 5.37. The number of amides is 2. The number of benzene rings is 1. The fourth-order valence-electron chi connectivity index (χ4n) is 5.37. The zero-order valence-corrected chi connectivity index (χ0v) is 17.7. The van der Waals surface area contributed by atoms with Crippen LogP contribution in [0, 0.1) is 11.6 Å². The Bertz CT molecular complexity index is 1250. The molecule has 3 aliphatic heterocycles. The summed E-state index contributed by atoms with van der Waals surface area (Å²) in [6.45, 7) is 0.728. The van der Waals surface area contributed by atoms with Crippen LogP contribution < -0.4 is 0 Å². The number of carbonyl (C=O) groups is 2. The van der Waals surface area contributed by atoms with Crippen molar-refractivity contribution in [2.75, 3.05) is 13.1 Å². The molecule has 1 aromatic carbocycles. The maximum atomic E-state index is 13.8. The predicted octanol–water partition coefficient (Wildman–Crippen LogP) is 2.70. The van der Waals surface area contributed by atoms with Gasteiger partial charge in [0.05, 0.1) is 18.4 Å². The average Bonchev–Trinajstić information content (AvgIpc) is 3.48. The van der Waals surface area contributed by atoms with Crippen molar-refractivity contribution in [2.24, 2.45) is 0 Å². The molecule has 2 amide bonds. The molecule has 8 nitrogen and oxygen atoms in total. The highest BCUT2D eigenvalue weighted by atomic mass is 19.1. The summed E-state index contributed by atoms with van der Waals surface area (Å²) in [4.78, 5) is 38.2. The van der Waals surface area contributed by atoms with Crippen LogP contribution in [0.1, 0.15) is 47.8 Å². The van der Waals surface area contributed by atoms with E-state index in [1.807, 2.05) is 0 Å². The van der Waals surface area contributed by atoms with Gasteiger partial charge in [-0.15, -0.1) is 0 Å².